The highest BCUT2D eigenvalue weighted by molar-refractivity contribution is 9.08. The number of hydrogen-bond donors (Lipinski definition) is 0. The molecule has 1 aromatic carbocycles. The van der Waals surface area contributed by atoms with E-state index in [4.69, 9.17) is 10.5 Å². The standard InChI is InChI=1S/C11H9BrN4O2/c12-8-9-1-2-10(11(7-9)16(17)18)15(5-3-13)6-4-14/h1-2,7H,5-6,8H2. The van der Waals surface area contributed by atoms with Gasteiger partial charge in [-0.1, -0.05) is 22.0 Å². The third-order valence-corrected chi connectivity index (χ3v) is 2.90. The van der Waals surface area contributed by atoms with Crippen molar-refractivity contribution >= 4 is 27.3 Å². The zero-order valence-corrected chi connectivity index (χ0v) is 10.9. The lowest BCUT2D eigenvalue weighted by atomic mass is 10.1. The first-order valence-electron chi connectivity index (χ1n) is 4.96. The summed E-state index contributed by atoms with van der Waals surface area (Å²) < 4.78 is 0. The Morgan fingerprint density at radius 1 is 1.33 bits per heavy atom. The third kappa shape index (κ3) is 3.19. The van der Waals surface area contributed by atoms with E-state index in [1.165, 1.54) is 11.0 Å². The molecule has 6 nitrogen and oxygen atoms in total. The second kappa shape index (κ2) is 6.58. The molecule has 1 rings (SSSR count). The summed E-state index contributed by atoms with van der Waals surface area (Å²) in [6.07, 6.45) is 0. The number of rotatable bonds is 5. The molecule has 0 fully saturated rings. The molecule has 0 atom stereocenters. The molecule has 0 saturated carbocycles. The molecular weight excluding hydrogens is 300 g/mol. The molecule has 0 saturated heterocycles. The number of alkyl halides is 1. The Hall–Kier alpha value is -2.12. The van der Waals surface area contributed by atoms with Crippen molar-refractivity contribution in [1.29, 1.82) is 10.5 Å². The van der Waals surface area contributed by atoms with Crippen LogP contribution in [0.2, 0.25) is 0 Å². The van der Waals surface area contributed by atoms with Crippen molar-refractivity contribution in [2.75, 3.05) is 18.0 Å². The molecule has 0 heterocycles. The molecule has 0 aliphatic heterocycles. The summed E-state index contributed by atoms with van der Waals surface area (Å²) in [5.74, 6) is 0. The van der Waals surface area contributed by atoms with Crippen LogP contribution in [0.4, 0.5) is 11.4 Å². The second-order valence-corrected chi connectivity index (χ2v) is 3.95. The minimum absolute atomic E-state index is 0.0674. The fraction of sp³-hybridized carbons (Fsp3) is 0.273. The van der Waals surface area contributed by atoms with Crippen molar-refractivity contribution in [1.82, 2.24) is 0 Å². The van der Waals surface area contributed by atoms with E-state index in [1.54, 1.807) is 12.1 Å². The Kier molecular flexibility index (Phi) is 5.09. The summed E-state index contributed by atoms with van der Waals surface area (Å²) in [4.78, 5) is 11.9. The summed E-state index contributed by atoms with van der Waals surface area (Å²) in [7, 11) is 0. The normalized spacial score (nSPS) is 9.28. The number of nitro benzene ring substituents is 1. The molecular formula is C11H9BrN4O2. The molecule has 7 heteroatoms. The van der Waals surface area contributed by atoms with E-state index in [-0.39, 0.29) is 24.5 Å². The number of benzene rings is 1. The topological polar surface area (TPSA) is 94.0 Å². The molecule has 92 valence electrons. The zero-order chi connectivity index (χ0) is 13.5. The van der Waals surface area contributed by atoms with Gasteiger partial charge in [0, 0.05) is 11.4 Å². The van der Waals surface area contributed by atoms with Crippen LogP contribution in [-0.4, -0.2) is 18.0 Å². The molecule has 1 aromatic rings. The zero-order valence-electron chi connectivity index (χ0n) is 9.34. The van der Waals surface area contributed by atoms with Crippen molar-refractivity contribution in [3.8, 4) is 12.1 Å². The first-order chi connectivity index (χ1) is 8.63. The van der Waals surface area contributed by atoms with Gasteiger partial charge < -0.3 is 4.90 Å². The number of nitro groups is 1. The molecule has 0 radical (unpaired) electrons. The Labute approximate surface area is 112 Å². The van der Waals surface area contributed by atoms with Gasteiger partial charge in [-0.25, -0.2) is 0 Å². The maximum absolute atomic E-state index is 11.0. The first-order valence-corrected chi connectivity index (χ1v) is 6.08. The van der Waals surface area contributed by atoms with Crippen LogP contribution >= 0.6 is 15.9 Å². The smallest absolute Gasteiger partial charge is 0.292 e. The molecule has 0 spiro atoms. The maximum Gasteiger partial charge on any atom is 0.292 e. The van der Waals surface area contributed by atoms with Gasteiger partial charge in [-0.15, -0.1) is 0 Å². The SMILES string of the molecule is N#CCN(CC#N)c1ccc(CBr)cc1[N+](=O)[O-]. The van der Waals surface area contributed by atoms with E-state index < -0.39 is 4.92 Å². The average Bonchev–Trinajstić information content (AvgIpc) is 2.37. The van der Waals surface area contributed by atoms with Gasteiger partial charge in [0.25, 0.3) is 5.69 Å². The van der Waals surface area contributed by atoms with Crippen molar-refractivity contribution in [2.45, 2.75) is 5.33 Å². The monoisotopic (exact) mass is 308 g/mol. The summed E-state index contributed by atoms with van der Waals surface area (Å²) in [5.41, 5.74) is 0.949. The highest BCUT2D eigenvalue weighted by Crippen LogP contribution is 2.29. The Morgan fingerprint density at radius 2 is 1.94 bits per heavy atom. The minimum Gasteiger partial charge on any atom is -0.339 e. The lowest BCUT2D eigenvalue weighted by Crippen LogP contribution is -2.24. The second-order valence-electron chi connectivity index (χ2n) is 3.39. The fourth-order valence-corrected chi connectivity index (χ4v) is 1.81. The lowest BCUT2D eigenvalue weighted by molar-refractivity contribution is -0.384. The third-order valence-electron chi connectivity index (χ3n) is 2.25. The predicted octanol–water partition coefficient (Wildman–Crippen LogP) is 2.34. The first kappa shape index (κ1) is 13.9. The van der Waals surface area contributed by atoms with Crippen LogP contribution in [0, 0.1) is 32.8 Å². The van der Waals surface area contributed by atoms with E-state index in [9.17, 15) is 10.1 Å². The highest BCUT2D eigenvalue weighted by Gasteiger charge is 2.19. The lowest BCUT2D eigenvalue weighted by Gasteiger charge is -2.18. The summed E-state index contributed by atoms with van der Waals surface area (Å²) in [5, 5.41) is 28.9. The van der Waals surface area contributed by atoms with Gasteiger partial charge in [-0.05, 0) is 11.6 Å². The molecule has 0 aliphatic carbocycles. The number of anilines is 1. The van der Waals surface area contributed by atoms with Crippen molar-refractivity contribution < 1.29 is 4.92 Å². The van der Waals surface area contributed by atoms with E-state index >= 15 is 0 Å². The summed E-state index contributed by atoms with van der Waals surface area (Å²) in [6, 6.07) is 8.49. The largest absolute Gasteiger partial charge is 0.339 e. The maximum atomic E-state index is 11.0. The van der Waals surface area contributed by atoms with Crippen LogP contribution in [0.3, 0.4) is 0 Å². The van der Waals surface area contributed by atoms with Gasteiger partial charge >= 0.3 is 0 Å². The fourth-order valence-electron chi connectivity index (χ4n) is 1.46. The molecule has 18 heavy (non-hydrogen) atoms. The number of nitrogens with zero attached hydrogens (tertiary/aromatic N) is 4. The van der Waals surface area contributed by atoms with Crippen molar-refractivity contribution in [2.24, 2.45) is 0 Å². The molecule has 0 unspecified atom stereocenters. The molecule has 0 aromatic heterocycles. The molecule has 0 aliphatic rings. The highest BCUT2D eigenvalue weighted by atomic mass is 79.9. The van der Waals surface area contributed by atoms with Crippen LogP contribution in [0.1, 0.15) is 5.56 Å². The number of hydrogen-bond acceptors (Lipinski definition) is 5. The van der Waals surface area contributed by atoms with Gasteiger partial charge in [-0.2, -0.15) is 10.5 Å². The Morgan fingerprint density at radius 3 is 2.39 bits per heavy atom. The van der Waals surface area contributed by atoms with Gasteiger partial charge in [0.15, 0.2) is 0 Å². The van der Waals surface area contributed by atoms with Crippen LogP contribution < -0.4 is 4.90 Å². The minimum atomic E-state index is -0.511. The van der Waals surface area contributed by atoms with Crippen LogP contribution in [0.25, 0.3) is 0 Å². The van der Waals surface area contributed by atoms with E-state index in [1.807, 2.05) is 12.1 Å². The van der Waals surface area contributed by atoms with E-state index in [0.29, 0.717) is 5.33 Å². The van der Waals surface area contributed by atoms with Gasteiger partial charge in [0.1, 0.15) is 18.8 Å². The molecule has 0 N–H and O–H groups in total. The van der Waals surface area contributed by atoms with Crippen LogP contribution in [-0.2, 0) is 5.33 Å². The summed E-state index contributed by atoms with van der Waals surface area (Å²) in [6.45, 7) is -0.135. The van der Waals surface area contributed by atoms with Gasteiger partial charge in [-0.3, -0.25) is 10.1 Å². The van der Waals surface area contributed by atoms with Crippen molar-refractivity contribution in [3.63, 3.8) is 0 Å². The average molecular weight is 309 g/mol. The Balaban J connectivity index is 3.25. The number of nitriles is 2. The molecule has 0 amide bonds. The van der Waals surface area contributed by atoms with Gasteiger partial charge in [0.2, 0.25) is 0 Å². The van der Waals surface area contributed by atoms with Crippen LogP contribution in [0.5, 0.6) is 0 Å². The summed E-state index contributed by atoms with van der Waals surface area (Å²) >= 11 is 3.22. The number of halogens is 1. The van der Waals surface area contributed by atoms with Crippen molar-refractivity contribution in [3.05, 3.63) is 33.9 Å². The predicted molar refractivity (Wildman–Crippen MR) is 69.2 cm³/mol. The van der Waals surface area contributed by atoms with E-state index in [2.05, 4.69) is 15.9 Å². The van der Waals surface area contributed by atoms with E-state index in [0.717, 1.165) is 5.56 Å². The quantitative estimate of drug-likeness (QED) is 0.360. The Bertz CT molecular complexity index is 517. The van der Waals surface area contributed by atoms with Crippen LogP contribution in [0.15, 0.2) is 18.2 Å². The molecule has 0 bridgehead atoms. The van der Waals surface area contributed by atoms with Gasteiger partial charge in [0.05, 0.1) is 17.1 Å².